The van der Waals surface area contributed by atoms with Crippen molar-refractivity contribution in [3.63, 3.8) is 0 Å². The van der Waals surface area contributed by atoms with Crippen LogP contribution in [0.1, 0.15) is 39.5 Å². The van der Waals surface area contributed by atoms with E-state index < -0.39 is 0 Å². The fourth-order valence-corrected chi connectivity index (χ4v) is 2.70. The van der Waals surface area contributed by atoms with E-state index in [-0.39, 0.29) is 0 Å². The molecule has 2 saturated heterocycles. The molecule has 76 valence electrons. The van der Waals surface area contributed by atoms with Crippen LogP contribution in [0, 0.1) is 5.92 Å². The second kappa shape index (κ2) is 3.97. The Kier molecular flexibility index (Phi) is 2.89. The number of hydrogen-bond acceptors (Lipinski definition) is 2. The highest BCUT2D eigenvalue weighted by atomic mass is 16.5. The van der Waals surface area contributed by atoms with Gasteiger partial charge in [-0.15, -0.1) is 0 Å². The van der Waals surface area contributed by atoms with Crippen LogP contribution < -0.4 is 0 Å². The number of ether oxygens (including phenoxy) is 1. The predicted molar refractivity (Wildman–Crippen MR) is 53.5 cm³/mol. The quantitative estimate of drug-likeness (QED) is 0.618. The number of piperidine rings is 1. The van der Waals surface area contributed by atoms with Crippen molar-refractivity contribution in [1.82, 2.24) is 4.90 Å². The normalized spacial score (nSPS) is 36.2. The van der Waals surface area contributed by atoms with E-state index in [0.717, 1.165) is 12.5 Å². The Morgan fingerprint density at radius 2 is 2.00 bits per heavy atom. The summed E-state index contributed by atoms with van der Waals surface area (Å²) in [5.74, 6) is 0.824. The van der Waals surface area contributed by atoms with Gasteiger partial charge in [-0.1, -0.05) is 0 Å². The van der Waals surface area contributed by atoms with Gasteiger partial charge in [0.05, 0.1) is 0 Å². The molecular weight excluding hydrogens is 162 g/mol. The van der Waals surface area contributed by atoms with E-state index >= 15 is 0 Å². The number of nitrogens with zero attached hydrogens (tertiary/aromatic N) is 1. The van der Waals surface area contributed by atoms with Crippen LogP contribution in [0.3, 0.4) is 0 Å². The van der Waals surface area contributed by atoms with Crippen molar-refractivity contribution in [2.45, 2.75) is 51.8 Å². The van der Waals surface area contributed by atoms with E-state index in [2.05, 4.69) is 18.7 Å². The van der Waals surface area contributed by atoms with Crippen LogP contribution in [-0.4, -0.2) is 30.3 Å². The summed E-state index contributed by atoms with van der Waals surface area (Å²) >= 11 is 0. The van der Waals surface area contributed by atoms with E-state index in [4.69, 9.17) is 4.74 Å². The molecule has 2 atom stereocenters. The lowest BCUT2D eigenvalue weighted by Gasteiger charge is -2.45. The van der Waals surface area contributed by atoms with E-state index in [1.807, 2.05) is 0 Å². The van der Waals surface area contributed by atoms with Gasteiger partial charge in [-0.3, -0.25) is 4.90 Å². The molecule has 0 spiro atoms. The highest BCUT2D eigenvalue weighted by Crippen LogP contribution is 2.32. The van der Waals surface area contributed by atoms with Crippen LogP contribution in [0.15, 0.2) is 0 Å². The summed E-state index contributed by atoms with van der Waals surface area (Å²) in [6, 6.07) is 0.644. The van der Waals surface area contributed by atoms with Crippen LogP contribution in [0.4, 0.5) is 0 Å². The van der Waals surface area contributed by atoms with Gasteiger partial charge in [0.1, 0.15) is 6.23 Å². The molecule has 2 heteroatoms. The van der Waals surface area contributed by atoms with Crippen LogP contribution in [0.25, 0.3) is 0 Å². The van der Waals surface area contributed by atoms with Gasteiger partial charge in [0.25, 0.3) is 0 Å². The van der Waals surface area contributed by atoms with Crippen LogP contribution >= 0.6 is 0 Å². The Hall–Kier alpha value is -0.0800. The summed E-state index contributed by atoms with van der Waals surface area (Å²) in [5.41, 5.74) is 0. The zero-order valence-electron chi connectivity index (χ0n) is 8.83. The third kappa shape index (κ3) is 1.89. The predicted octanol–water partition coefficient (Wildman–Crippen LogP) is 2.24. The molecule has 2 aliphatic rings. The van der Waals surface area contributed by atoms with Gasteiger partial charge < -0.3 is 4.74 Å². The second-order valence-electron chi connectivity index (χ2n) is 4.64. The lowest BCUT2D eigenvalue weighted by molar-refractivity contribution is -0.149. The molecule has 0 N–H and O–H groups in total. The lowest BCUT2D eigenvalue weighted by atomic mass is 9.89. The number of hydrogen-bond donors (Lipinski definition) is 0. The first-order valence-corrected chi connectivity index (χ1v) is 5.66. The summed E-state index contributed by atoms with van der Waals surface area (Å²) in [7, 11) is 0. The first-order chi connectivity index (χ1) is 6.29. The molecular formula is C11H21NO. The molecule has 0 aromatic carbocycles. The molecule has 2 fully saturated rings. The Labute approximate surface area is 81.3 Å². The van der Waals surface area contributed by atoms with E-state index in [0.29, 0.717) is 12.3 Å². The smallest absolute Gasteiger partial charge is 0.113 e. The zero-order valence-corrected chi connectivity index (χ0v) is 8.83. The second-order valence-corrected chi connectivity index (χ2v) is 4.64. The van der Waals surface area contributed by atoms with Gasteiger partial charge in [0.2, 0.25) is 0 Å². The topological polar surface area (TPSA) is 12.5 Å². The van der Waals surface area contributed by atoms with Gasteiger partial charge in [-0.25, -0.2) is 0 Å². The highest BCUT2D eigenvalue weighted by molar-refractivity contribution is 4.82. The summed E-state index contributed by atoms with van der Waals surface area (Å²) < 4.78 is 5.88. The molecule has 2 nitrogen and oxygen atoms in total. The largest absolute Gasteiger partial charge is 0.363 e. The molecule has 2 rings (SSSR count). The molecule has 0 amide bonds. The summed E-state index contributed by atoms with van der Waals surface area (Å²) in [6.07, 6.45) is 5.85. The summed E-state index contributed by atoms with van der Waals surface area (Å²) in [5, 5.41) is 0. The third-order valence-corrected chi connectivity index (χ3v) is 3.39. The van der Waals surface area contributed by atoms with Crippen molar-refractivity contribution in [3.8, 4) is 0 Å². The minimum Gasteiger partial charge on any atom is -0.363 e. The molecule has 0 saturated carbocycles. The third-order valence-electron chi connectivity index (χ3n) is 3.39. The minimum absolute atomic E-state index is 0.447. The lowest BCUT2D eigenvalue weighted by Crippen LogP contribution is -2.51. The minimum atomic E-state index is 0.447. The average Bonchev–Trinajstić information content (AvgIpc) is 2.17. The monoisotopic (exact) mass is 183 g/mol. The van der Waals surface area contributed by atoms with E-state index in [9.17, 15) is 0 Å². The number of rotatable bonds is 1. The maximum Gasteiger partial charge on any atom is 0.113 e. The zero-order chi connectivity index (χ0) is 9.26. The summed E-state index contributed by atoms with van der Waals surface area (Å²) in [6.45, 7) is 6.77. The number of fused-ring (bicyclic) bond motifs is 1. The molecule has 2 aliphatic heterocycles. The van der Waals surface area contributed by atoms with Crippen LogP contribution in [0.2, 0.25) is 0 Å². The molecule has 0 bridgehead atoms. The van der Waals surface area contributed by atoms with Crippen LogP contribution in [0.5, 0.6) is 0 Å². The molecule has 0 aliphatic carbocycles. The van der Waals surface area contributed by atoms with Gasteiger partial charge >= 0.3 is 0 Å². The van der Waals surface area contributed by atoms with Gasteiger partial charge in [0.15, 0.2) is 0 Å². The first-order valence-electron chi connectivity index (χ1n) is 5.66. The Bertz CT molecular complexity index is 167. The average molecular weight is 183 g/mol. The van der Waals surface area contributed by atoms with Crippen molar-refractivity contribution in [2.75, 3.05) is 13.2 Å². The molecule has 13 heavy (non-hydrogen) atoms. The standard InChI is InChI=1S/C11H21NO/c1-9(2)12-7-3-5-10-6-4-8-13-11(10)12/h9-11H,3-8H2,1-2H3. The molecule has 2 unspecified atom stereocenters. The van der Waals surface area contributed by atoms with Crippen molar-refractivity contribution in [1.29, 1.82) is 0 Å². The Morgan fingerprint density at radius 1 is 1.23 bits per heavy atom. The SMILES string of the molecule is CC(C)N1CCCC2CCCOC21. The van der Waals surface area contributed by atoms with E-state index in [1.54, 1.807) is 0 Å². The molecule has 2 heterocycles. The van der Waals surface area contributed by atoms with Crippen molar-refractivity contribution in [3.05, 3.63) is 0 Å². The van der Waals surface area contributed by atoms with Crippen molar-refractivity contribution >= 4 is 0 Å². The van der Waals surface area contributed by atoms with Crippen molar-refractivity contribution in [2.24, 2.45) is 5.92 Å². The fraction of sp³-hybridized carbons (Fsp3) is 1.00. The van der Waals surface area contributed by atoms with Gasteiger partial charge in [-0.2, -0.15) is 0 Å². The summed E-state index contributed by atoms with van der Waals surface area (Å²) in [4.78, 5) is 2.54. The fourth-order valence-electron chi connectivity index (χ4n) is 2.70. The molecule has 0 aromatic rings. The number of likely N-dealkylation sites (tertiary alicyclic amines) is 1. The highest BCUT2D eigenvalue weighted by Gasteiger charge is 2.35. The van der Waals surface area contributed by atoms with Gasteiger partial charge in [0, 0.05) is 19.2 Å². The van der Waals surface area contributed by atoms with Crippen LogP contribution in [-0.2, 0) is 4.74 Å². The Morgan fingerprint density at radius 3 is 2.77 bits per heavy atom. The van der Waals surface area contributed by atoms with Crippen molar-refractivity contribution < 1.29 is 4.74 Å². The van der Waals surface area contributed by atoms with E-state index in [1.165, 1.54) is 32.2 Å². The maximum atomic E-state index is 5.88. The maximum absolute atomic E-state index is 5.88. The molecule has 0 radical (unpaired) electrons. The molecule has 0 aromatic heterocycles. The Balaban J connectivity index is 2.02. The van der Waals surface area contributed by atoms with Gasteiger partial charge in [-0.05, 0) is 45.4 Å². The first kappa shape index (κ1) is 9.47.